The van der Waals surface area contributed by atoms with Crippen LogP contribution in [0.25, 0.3) is 0 Å². The minimum atomic E-state index is -3.38. The summed E-state index contributed by atoms with van der Waals surface area (Å²) in [6, 6.07) is 2.11. The first-order valence-electron chi connectivity index (χ1n) is 11.3. The largest absolute Gasteiger partial charge is 0.374 e. The smallest absolute Gasteiger partial charge is 0.353 e. The summed E-state index contributed by atoms with van der Waals surface area (Å²) in [4.78, 5) is 0. The Bertz CT molecular complexity index is 665. The molecule has 0 aromatic carbocycles. The van der Waals surface area contributed by atoms with Crippen molar-refractivity contribution in [3.63, 3.8) is 0 Å². The van der Waals surface area contributed by atoms with Crippen molar-refractivity contribution in [3.8, 4) is 6.07 Å². The van der Waals surface area contributed by atoms with Crippen LogP contribution >= 0.6 is 16.1 Å². The minimum absolute atomic E-state index is 0.144. The number of hydrogen-bond donors (Lipinski definition) is 1. The third kappa shape index (κ3) is 9.66. The molecular formula is C20H40BN3O7P2. The molecule has 1 saturated heterocycles. The molecule has 0 radical (unpaired) electrons. The summed E-state index contributed by atoms with van der Waals surface area (Å²) < 4.78 is 49.5. The van der Waals surface area contributed by atoms with Crippen molar-refractivity contribution in [3.05, 3.63) is 11.9 Å². The van der Waals surface area contributed by atoms with Crippen LogP contribution < -0.4 is 5.73 Å². The topological polar surface area (TPSA) is 126 Å². The molecule has 2 N–H and O–H groups in total. The number of nitrogens with zero attached hydrogens (tertiary/aromatic N) is 2. The van der Waals surface area contributed by atoms with Crippen molar-refractivity contribution in [2.75, 3.05) is 34.0 Å². The molecule has 1 fully saturated rings. The van der Waals surface area contributed by atoms with E-state index >= 15 is 0 Å². The maximum absolute atomic E-state index is 12.5. The van der Waals surface area contributed by atoms with E-state index in [1.165, 1.54) is 20.0 Å². The van der Waals surface area contributed by atoms with Gasteiger partial charge in [0.25, 0.3) is 8.53 Å². The van der Waals surface area contributed by atoms with Crippen molar-refractivity contribution < 1.29 is 32.1 Å². The van der Waals surface area contributed by atoms with Gasteiger partial charge >= 0.3 is 7.60 Å². The lowest BCUT2D eigenvalue weighted by atomic mass is 9.93. The van der Waals surface area contributed by atoms with Gasteiger partial charge in [0.1, 0.15) is 26.2 Å². The van der Waals surface area contributed by atoms with Crippen LogP contribution in [0.2, 0.25) is 0 Å². The van der Waals surface area contributed by atoms with Crippen molar-refractivity contribution in [1.29, 1.82) is 5.26 Å². The highest BCUT2D eigenvalue weighted by molar-refractivity contribution is 7.57. The average molecular weight is 507 g/mol. The first kappa shape index (κ1) is 30.7. The molecule has 0 bridgehead atoms. The highest BCUT2D eigenvalue weighted by Crippen LogP contribution is 2.51. The van der Waals surface area contributed by atoms with E-state index in [4.69, 9.17) is 38.6 Å². The van der Waals surface area contributed by atoms with Gasteiger partial charge < -0.3 is 33.3 Å². The molecule has 0 aromatic rings. The number of rotatable bonds is 16. The molecule has 33 heavy (non-hydrogen) atoms. The Balaban J connectivity index is 3.24. The molecule has 0 amide bonds. The van der Waals surface area contributed by atoms with Crippen LogP contribution in [0.1, 0.15) is 40.5 Å². The van der Waals surface area contributed by atoms with Crippen LogP contribution in [0.4, 0.5) is 0 Å². The van der Waals surface area contributed by atoms with Crippen molar-refractivity contribution in [1.82, 2.24) is 4.67 Å². The van der Waals surface area contributed by atoms with Crippen molar-refractivity contribution in [2.24, 2.45) is 5.73 Å². The predicted molar refractivity (Wildman–Crippen MR) is 131 cm³/mol. The van der Waals surface area contributed by atoms with Gasteiger partial charge in [0.15, 0.2) is 0 Å². The van der Waals surface area contributed by atoms with Crippen LogP contribution in [-0.2, 0) is 32.1 Å². The predicted octanol–water partition coefficient (Wildman–Crippen LogP) is 2.74. The molecular weight excluding hydrogens is 467 g/mol. The molecule has 0 spiro atoms. The third-order valence-corrected chi connectivity index (χ3v) is 8.67. The van der Waals surface area contributed by atoms with Gasteiger partial charge in [-0.2, -0.15) is 5.26 Å². The SMILES string of the molecule is B[C@@H]1O[C@H](/C=C/P(=O)(OC)OC)[C@@H](OP(OCCC#N)N(C(C)C)C(C)C)[C@H]1OCCCN. The van der Waals surface area contributed by atoms with E-state index in [2.05, 4.69) is 38.4 Å². The molecule has 1 aliphatic heterocycles. The van der Waals surface area contributed by atoms with Crippen LogP contribution in [0.3, 0.4) is 0 Å². The number of nitrogens with two attached hydrogens (primary N) is 1. The Hall–Kier alpha value is -0.365. The summed E-state index contributed by atoms with van der Waals surface area (Å²) in [7, 11) is -0.352. The quantitative estimate of drug-likeness (QED) is 0.189. The molecule has 5 atom stereocenters. The summed E-state index contributed by atoms with van der Waals surface area (Å²) in [6.07, 6.45) is 1.11. The Kier molecular flexibility index (Phi) is 14.5. The average Bonchev–Trinajstić information content (AvgIpc) is 3.06. The molecule has 0 aliphatic carbocycles. The summed E-state index contributed by atoms with van der Waals surface area (Å²) in [5, 5.41) is 8.97. The van der Waals surface area contributed by atoms with Gasteiger partial charge in [-0.25, -0.2) is 4.67 Å². The normalized spacial score (nSPS) is 24.9. The molecule has 1 aliphatic rings. The Morgan fingerprint density at radius 1 is 1.21 bits per heavy atom. The highest BCUT2D eigenvalue weighted by Gasteiger charge is 2.46. The Labute approximate surface area is 200 Å². The van der Waals surface area contributed by atoms with E-state index in [-0.39, 0.29) is 37.2 Å². The minimum Gasteiger partial charge on any atom is -0.374 e. The van der Waals surface area contributed by atoms with Crippen LogP contribution in [0.5, 0.6) is 0 Å². The van der Waals surface area contributed by atoms with Gasteiger partial charge in [0.2, 0.25) is 0 Å². The lowest BCUT2D eigenvalue weighted by Gasteiger charge is -2.38. The van der Waals surface area contributed by atoms with E-state index in [1.807, 2.05) is 7.85 Å². The van der Waals surface area contributed by atoms with Gasteiger partial charge in [0.05, 0.1) is 25.1 Å². The fourth-order valence-electron chi connectivity index (χ4n) is 3.45. The van der Waals surface area contributed by atoms with E-state index in [9.17, 15) is 4.57 Å². The van der Waals surface area contributed by atoms with Crippen LogP contribution in [0.15, 0.2) is 11.9 Å². The van der Waals surface area contributed by atoms with Gasteiger partial charge in [0, 0.05) is 38.7 Å². The maximum Gasteiger partial charge on any atom is 0.353 e. The highest BCUT2D eigenvalue weighted by atomic mass is 31.2. The fourth-order valence-corrected chi connectivity index (χ4v) is 5.98. The van der Waals surface area contributed by atoms with Gasteiger partial charge in [-0.3, -0.25) is 4.57 Å². The zero-order valence-electron chi connectivity index (χ0n) is 20.9. The molecule has 13 heteroatoms. The molecule has 1 rings (SSSR count). The lowest BCUT2D eigenvalue weighted by molar-refractivity contribution is -0.0157. The number of ether oxygens (including phenoxy) is 2. The van der Waals surface area contributed by atoms with Crippen molar-refractivity contribution in [2.45, 2.75) is 76.9 Å². The molecule has 0 aromatic heterocycles. The Morgan fingerprint density at radius 3 is 2.36 bits per heavy atom. The van der Waals surface area contributed by atoms with Crippen LogP contribution in [0, 0.1) is 11.3 Å². The summed E-state index contributed by atoms with van der Waals surface area (Å²) in [5.41, 5.74) is 5.63. The number of hydrogen-bond acceptors (Lipinski definition) is 10. The first-order chi connectivity index (χ1) is 15.6. The van der Waals surface area contributed by atoms with Gasteiger partial charge in [-0.05, 0) is 46.7 Å². The molecule has 10 nitrogen and oxygen atoms in total. The number of nitriles is 1. The van der Waals surface area contributed by atoms with Crippen LogP contribution in [-0.4, -0.2) is 82.9 Å². The van der Waals surface area contributed by atoms with Gasteiger partial charge in [-0.1, -0.05) is 0 Å². The molecule has 190 valence electrons. The first-order valence-corrected chi connectivity index (χ1v) is 14.0. The van der Waals surface area contributed by atoms with E-state index < -0.39 is 28.3 Å². The van der Waals surface area contributed by atoms with E-state index in [1.54, 1.807) is 6.08 Å². The lowest BCUT2D eigenvalue weighted by Crippen LogP contribution is -2.40. The standard InChI is InChI=1S/C20H40BN3O7P2/c1-15(2)24(16(3)4)32(29-13-8-11-23)31-18-17(9-14-33(25,26-5)27-6)30-20(21)19(18)28-12-7-10-22/h9,14-20H,7-8,10,12-13,21-22H2,1-6H3/b14-9+/t17-,18-,19-,20-,32?/m1/s1. The second-order valence-corrected chi connectivity index (χ2v) is 11.7. The van der Waals surface area contributed by atoms with E-state index in [0.717, 1.165) is 0 Å². The van der Waals surface area contributed by atoms with E-state index in [0.29, 0.717) is 19.6 Å². The van der Waals surface area contributed by atoms with Crippen molar-refractivity contribution >= 4 is 24.0 Å². The zero-order valence-corrected chi connectivity index (χ0v) is 22.7. The summed E-state index contributed by atoms with van der Waals surface area (Å²) in [6.45, 7) is 9.51. The second kappa shape index (κ2) is 15.6. The Morgan fingerprint density at radius 2 is 1.85 bits per heavy atom. The summed E-state index contributed by atoms with van der Waals surface area (Å²) >= 11 is 0. The fraction of sp³-hybridized carbons (Fsp3) is 0.850. The summed E-state index contributed by atoms with van der Waals surface area (Å²) in [5.74, 6) is 1.38. The molecule has 1 unspecified atom stereocenters. The monoisotopic (exact) mass is 507 g/mol. The maximum atomic E-state index is 12.5. The molecule has 0 saturated carbocycles. The zero-order chi connectivity index (χ0) is 25.0. The second-order valence-electron chi connectivity index (χ2n) is 8.15. The third-order valence-electron chi connectivity index (χ3n) is 4.98. The van der Waals surface area contributed by atoms with Gasteiger partial charge in [-0.15, -0.1) is 0 Å². The molecule has 1 heterocycles.